The number of hydrogen-bond acceptors (Lipinski definition) is 34. The molecule has 6 bridgehead atoms. The highest BCUT2D eigenvalue weighted by Crippen LogP contribution is 2.55. The number of esters is 1. The third-order valence-electron chi connectivity index (χ3n) is 30.8. The van der Waals surface area contributed by atoms with E-state index in [0.717, 1.165) is 233 Å². The van der Waals surface area contributed by atoms with Gasteiger partial charge in [-0.2, -0.15) is 51.8 Å². The lowest BCUT2D eigenvalue weighted by Crippen LogP contribution is -2.52. The van der Waals surface area contributed by atoms with E-state index in [1.54, 1.807) is 37.1 Å². The largest absolute Gasteiger partial charge is 0.463 e. The van der Waals surface area contributed by atoms with Crippen molar-refractivity contribution in [1.29, 1.82) is 26.3 Å². The molecule has 14 atom stereocenters. The number of ether oxygens (including phenoxy) is 1. The fourth-order valence-electron chi connectivity index (χ4n) is 24.4. The molecule has 13 aliphatic heterocycles. The van der Waals surface area contributed by atoms with Crippen molar-refractivity contribution in [2.75, 3.05) is 86.6 Å². The first kappa shape index (κ1) is 105. The minimum absolute atomic E-state index is 0. The number of aromatic amines is 5. The number of nitrogens with one attached hydrogen (secondary N) is 13. The number of allylic oxidation sites excluding steroid dienone is 6. The van der Waals surface area contributed by atoms with Gasteiger partial charge in [0.1, 0.15) is 79.3 Å². The van der Waals surface area contributed by atoms with Gasteiger partial charge in [0.25, 0.3) is 0 Å². The number of carbonyl (C=O) groups excluding carboxylic acids is 1. The molecule has 147 heavy (non-hydrogen) atoms. The van der Waals surface area contributed by atoms with E-state index in [2.05, 4.69) is 204 Å². The molecule has 9 aromatic heterocycles. The molecule has 13 N–H and O–H groups in total. The van der Waals surface area contributed by atoms with E-state index in [-0.39, 0.29) is 125 Å². The molecule has 30 rings (SSSR count). The summed E-state index contributed by atoms with van der Waals surface area (Å²) in [5.41, 5.74) is 24.5. The molecular formula is C101H104Br3Cl4N33O6. The zero-order valence-corrected chi connectivity index (χ0v) is 87.9. The van der Waals surface area contributed by atoms with Crippen LogP contribution in [0, 0.1) is 98.1 Å². The maximum absolute atomic E-state index is 13.2. The van der Waals surface area contributed by atoms with Gasteiger partial charge in [-0.3, -0.25) is 25.5 Å². The Bertz CT molecular complexity index is 7480. The number of carbonyl (C=O) groups is 1. The molecular weight excluding hydrogens is 2150 g/mol. The first-order valence-corrected chi connectivity index (χ1v) is 48.9. The van der Waals surface area contributed by atoms with Crippen molar-refractivity contribution in [3.8, 4) is 30.3 Å². The Balaban J connectivity index is 0.000000124. The van der Waals surface area contributed by atoms with Crippen LogP contribution >= 0.6 is 99.5 Å². The van der Waals surface area contributed by atoms with E-state index in [4.69, 9.17) is 23.3 Å². The summed E-state index contributed by atoms with van der Waals surface area (Å²) in [5, 5.41) is 147. The van der Waals surface area contributed by atoms with Gasteiger partial charge in [0.05, 0.1) is 131 Å². The number of rotatable bonds is 12. The average molecular weight is 2260 g/mol. The molecule has 7 saturated heterocycles. The van der Waals surface area contributed by atoms with Crippen LogP contribution in [0.25, 0.3) is 44.1 Å². The fourth-order valence-corrected chi connectivity index (χ4v) is 24.9. The first-order chi connectivity index (χ1) is 69.3. The van der Waals surface area contributed by atoms with E-state index >= 15 is 0 Å². The second-order valence-corrected chi connectivity index (χ2v) is 39.2. The molecule has 16 aliphatic rings. The molecule has 22 heterocycles. The highest BCUT2D eigenvalue weighted by atomic mass is 79.9. The van der Waals surface area contributed by atoms with Gasteiger partial charge in [0.2, 0.25) is 0 Å². The molecule has 10 fully saturated rings. The summed E-state index contributed by atoms with van der Waals surface area (Å²) in [5.74, 6) is 5.62. The number of aromatic nitrogens is 18. The number of piperidine rings is 7. The molecule has 46 heteroatoms. The van der Waals surface area contributed by atoms with Crippen LogP contribution in [0.2, 0.25) is 0 Å². The second-order valence-electron chi connectivity index (χ2n) is 38.5. The molecule has 14 aromatic rings. The Morgan fingerprint density at radius 3 is 1.22 bits per heavy atom. The lowest BCUT2D eigenvalue weighted by atomic mass is 9.69. The number of halogens is 7. The number of benzene rings is 5. The standard InChI is InChI=1S/C21H21N7O.C20H17BrN6.2C20H19N7O.C20H22N6O3.2BrH.4ClH/c1-28-10-11-5-6-17(28)13(7-11)19-14(8-22)18(15-9-23-25-21(15)24-19)12-3-2-4-16-20(12)27-29-26-16;1-27-7-3-5-13(11-27)19-15(9-23)17(16-10-24-26-20(16)25-19)14-6-2-4-12(8-22)18(14)21;2*21-7-13-17(11-2-1-3-16-19(11)27-28-26-16)14-9-23-25-20(14)24-18(13)12-6-10-4-5-15(12)22-8-10;1-2-28-20(27)16-15(12-4-3-5-14-18(12)26-29-25-14)13-10-22-24-19(13)23-17(16)11-6-8-21-9-7-11;;;;;;/h2-4,9,11,13,17-18H,5-7,10H2,1H3,(H2,23,24,25);2,4,6,10-11,17H,3,5,7H2,1H3,(H2,24,25,26);2*1-3,9-10,12,15,17,22H,4-6,8H2,(H2,23,24,25);3-5,10-11,15,21H,2,6-9H2,1H3,(H2,22,23,24);6*1H/t11-,13-,17+,18?;;10-,12+,15+,17?;10-,12-,15+,17?;;;;;;;/m1.11......./s1. The fraction of sp³-hybridized carbons (Fsp3) is 0.376. The van der Waals surface area contributed by atoms with Crippen molar-refractivity contribution in [3.63, 3.8) is 0 Å². The number of hydrogen-bond donors (Lipinski definition) is 13. The van der Waals surface area contributed by atoms with E-state index in [0.29, 0.717) is 126 Å². The number of fused-ring (bicyclic) bond motifs is 18. The van der Waals surface area contributed by atoms with Gasteiger partial charge in [-0.15, -0.1) is 83.6 Å². The van der Waals surface area contributed by atoms with Gasteiger partial charge in [-0.1, -0.05) is 60.7 Å². The lowest BCUT2D eigenvalue weighted by Gasteiger charge is -2.50. The molecule has 3 saturated carbocycles. The quantitative estimate of drug-likeness (QED) is 0.0505. The van der Waals surface area contributed by atoms with Crippen LogP contribution in [-0.2, 0) is 9.53 Å². The van der Waals surface area contributed by atoms with Crippen molar-refractivity contribution in [2.45, 2.75) is 138 Å². The summed E-state index contributed by atoms with van der Waals surface area (Å²) >= 11 is 3.57. The predicted molar refractivity (Wildman–Crippen MR) is 568 cm³/mol. The van der Waals surface area contributed by atoms with E-state index < -0.39 is 0 Å². The highest BCUT2D eigenvalue weighted by molar-refractivity contribution is 9.10. The monoisotopic (exact) mass is 2250 g/mol. The van der Waals surface area contributed by atoms with Gasteiger partial charge >= 0.3 is 5.97 Å². The highest BCUT2D eigenvalue weighted by Gasteiger charge is 2.49. The Morgan fingerprint density at radius 1 is 0.442 bits per heavy atom. The molecule has 0 amide bonds. The zero-order valence-electron chi connectivity index (χ0n) is 79.6. The van der Waals surface area contributed by atoms with Gasteiger partial charge in [0, 0.05) is 123 Å². The minimum atomic E-state index is -0.371. The van der Waals surface area contributed by atoms with Crippen LogP contribution < -0.4 is 42.5 Å². The van der Waals surface area contributed by atoms with Crippen molar-refractivity contribution in [1.82, 2.24) is 118 Å². The number of H-pyrrole nitrogens is 5. The van der Waals surface area contributed by atoms with Crippen molar-refractivity contribution >= 4 is 179 Å². The molecule has 3 aliphatic carbocycles. The van der Waals surface area contributed by atoms with Gasteiger partial charge < -0.3 is 57.1 Å². The van der Waals surface area contributed by atoms with Gasteiger partial charge in [-0.25, -0.2) is 23.3 Å². The van der Waals surface area contributed by atoms with E-state index in [1.165, 1.54) is 25.7 Å². The predicted octanol–water partition coefficient (Wildman–Crippen LogP) is 17.5. The van der Waals surface area contributed by atoms with Crippen molar-refractivity contribution in [3.05, 3.63) is 256 Å². The number of nitrogens with zero attached hydrogens (tertiary/aromatic N) is 20. The molecule has 5 unspecified atom stereocenters. The maximum atomic E-state index is 13.2. The Kier molecular flexibility index (Phi) is 32.0. The Morgan fingerprint density at radius 2 is 0.830 bits per heavy atom. The topological polar surface area (TPSA) is 547 Å². The van der Waals surface area contributed by atoms with E-state index in [1.807, 2.05) is 98.9 Å². The number of anilines is 5. The summed E-state index contributed by atoms with van der Waals surface area (Å²) in [6, 6.07) is 42.2. The third kappa shape index (κ3) is 19.2. The average Bonchev–Trinajstić information content (AvgIpc) is 1.75. The summed E-state index contributed by atoms with van der Waals surface area (Å²) in [7, 11) is 4.25. The van der Waals surface area contributed by atoms with Crippen LogP contribution in [0.15, 0.2) is 213 Å². The zero-order chi connectivity index (χ0) is 95.6. The molecule has 0 radical (unpaired) electrons. The Labute approximate surface area is 896 Å². The summed E-state index contributed by atoms with van der Waals surface area (Å²) < 4.78 is 26.1. The molecule has 5 aromatic carbocycles. The lowest BCUT2D eigenvalue weighted by molar-refractivity contribution is -0.138. The minimum Gasteiger partial charge on any atom is -0.463 e. The SMILES string of the molecule is Br.Br.CCOC(=O)C1=C(C2CCNCC2)Nc2[nH]ncc2C1c1cccc2nonc12.CN1C=C(C2=C(C#N)C(c3cccc(C#N)c3Br)c3cn[nH]c3N2)CCC1.CN1C[C@@H]2CC[C@H]1[C@H](C1=C(C#N)C(c3cccc4nonc34)c3cn[nH]c3N1)C2.Cl.Cl.Cl.Cl.N#CC1=C([C@@H]2C[C@H]3CC[C@@H]2NC3)Nc2[nH]ncc2C1c1cccc2nonc12.N#CC1=C([C@H]2C[C@H]3CC[C@@H]2NC3)Nc2[nH]ncc2C1c1cccc2nonc12. The van der Waals surface area contributed by atoms with Gasteiger partial charge in [0.15, 0.2) is 0 Å². The Hall–Kier alpha value is -13.7. The third-order valence-corrected chi connectivity index (χ3v) is 31.7. The van der Waals surface area contributed by atoms with E-state index in [9.17, 15) is 31.1 Å². The molecule has 39 nitrogen and oxygen atoms in total. The molecule has 0 spiro atoms. The maximum Gasteiger partial charge on any atom is 0.336 e. The summed E-state index contributed by atoms with van der Waals surface area (Å²) in [6.45, 7) is 8.27. The number of nitriles is 5. The van der Waals surface area contributed by atoms with Crippen LogP contribution in [0.4, 0.5) is 29.1 Å². The normalized spacial score (nSPS) is 24.1. The van der Waals surface area contributed by atoms with Crippen LogP contribution in [0.3, 0.4) is 0 Å². The van der Waals surface area contributed by atoms with Crippen molar-refractivity contribution in [2.24, 2.45) is 41.4 Å². The van der Waals surface area contributed by atoms with Crippen molar-refractivity contribution < 1.29 is 28.0 Å². The summed E-state index contributed by atoms with van der Waals surface area (Å²) in [4.78, 5) is 17.8. The smallest absolute Gasteiger partial charge is 0.336 e. The first-order valence-electron chi connectivity index (χ1n) is 48.1. The molecule has 758 valence electrons. The van der Waals surface area contributed by atoms with Crippen LogP contribution in [0.5, 0.6) is 0 Å². The van der Waals surface area contributed by atoms with Crippen LogP contribution in [-0.4, -0.2) is 186 Å². The van der Waals surface area contributed by atoms with Gasteiger partial charge in [-0.05, 0) is 262 Å². The van der Waals surface area contributed by atoms with Crippen LogP contribution in [0.1, 0.15) is 181 Å². The second kappa shape index (κ2) is 45.0. The summed E-state index contributed by atoms with van der Waals surface area (Å²) in [6.07, 6.45) is 25.5.